The number of hydrogen-bond acceptors (Lipinski definition) is 5. The summed E-state index contributed by atoms with van der Waals surface area (Å²) in [5, 5.41) is 11.0. The second-order valence-corrected chi connectivity index (χ2v) is 5.82. The number of nitrogens with zero attached hydrogens (tertiary/aromatic N) is 3. The molecule has 130 valence electrons. The number of rotatable bonds is 6. The quantitative estimate of drug-likeness (QED) is 0.510. The Hall–Kier alpha value is -2.45. The number of aromatic nitrogens is 3. The van der Waals surface area contributed by atoms with E-state index in [0.717, 1.165) is 5.82 Å². The van der Waals surface area contributed by atoms with Gasteiger partial charge in [0.2, 0.25) is 4.77 Å². The first kappa shape index (κ1) is 17.4. The summed E-state index contributed by atoms with van der Waals surface area (Å²) in [6, 6.07) is 7.68. The highest BCUT2D eigenvalue weighted by Crippen LogP contribution is 2.22. The Bertz CT molecular complexity index is 963. The average molecular weight is 381 g/mol. The van der Waals surface area contributed by atoms with Gasteiger partial charge in [0.15, 0.2) is 5.82 Å². The van der Waals surface area contributed by atoms with Crippen LogP contribution in [0.25, 0.3) is 0 Å². The fourth-order valence-corrected chi connectivity index (χ4v) is 2.42. The molecule has 0 aliphatic rings. The van der Waals surface area contributed by atoms with Crippen LogP contribution in [0.3, 0.4) is 0 Å². The minimum Gasteiger partial charge on any atom is -0.486 e. The van der Waals surface area contributed by atoms with Gasteiger partial charge >= 0.3 is 0 Å². The van der Waals surface area contributed by atoms with E-state index in [0.29, 0.717) is 28.5 Å². The second-order valence-electron chi connectivity index (χ2n) is 5.02. The van der Waals surface area contributed by atoms with Crippen LogP contribution in [0, 0.1) is 10.6 Å². The molecule has 0 spiro atoms. The van der Waals surface area contributed by atoms with Crippen LogP contribution in [-0.2, 0) is 13.0 Å². The van der Waals surface area contributed by atoms with Crippen molar-refractivity contribution >= 4 is 30.0 Å². The standard InChI is InChI=1S/C16H14ClFN4O2S/c1-2-15-20-21-16(25)22(15)19-8-11-3-4-12(24-11)9-23-10-5-6-14(18)13(17)7-10/h3-8H,2,9H2,1H3,(H,21,25)/b19-8+. The molecule has 2 heterocycles. The summed E-state index contributed by atoms with van der Waals surface area (Å²) < 4.78 is 26.2. The molecule has 9 heteroatoms. The highest BCUT2D eigenvalue weighted by atomic mass is 35.5. The van der Waals surface area contributed by atoms with Crippen LogP contribution in [0.4, 0.5) is 4.39 Å². The van der Waals surface area contributed by atoms with Crippen molar-refractivity contribution in [3.63, 3.8) is 0 Å². The van der Waals surface area contributed by atoms with Gasteiger partial charge in [0, 0.05) is 12.5 Å². The first-order chi connectivity index (χ1) is 12.1. The van der Waals surface area contributed by atoms with E-state index in [4.69, 9.17) is 33.0 Å². The highest BCUT2D eigenvalue weighted by Gasteiger charge is 2.06. The number of hydrogen-bond donors (Lipinski definition) is 1. The molecule has 0 amide bonds. The minimum atomic E-state index is -0.491. The molecule has 0 atom stereocenters. The van der Waals surface area contributed by atoms with Crippen molar-refractivity contribution in [3.05, 3.63) is 63.3 Å². The summed E-state index contributed by atoms with van der Waals surface area (Å²) in [5.74, 6) is 1.82. The fourth-order valence-electron chi connectivity index (χ4n) is 2.05. The maximum absolute atomic E-state index is 13.1. The maximum atomic E-state index is 13.1. The maximum Gasteiger partial charge on any atom is 0.216 e. The third-order valence-electron chi connectivity index (χ3n) is 3.29. The van der Waals surface area contributed by atoms with E-state index >= 15 is 0 Å². The van der Waals surface area contributed by atoms with E-state index in [-0.39, 0.29) is 11.6 Å². The number of furan rings is 1. The van der Waals surface area contributed by atoms with Gasteiger partial charge in [-0.2, -0.15) is 14.9 Å². The predicted molar refractivity (Wildman–Crippen MR) is 94.2 cm³/mol. The summed E-state index contributed by atoms with van der Waals surface area (Å²) in [7, 11) is 0. The second kappa shape index (κ2) is 7.62. The molecular weight excluding hydrogens is 367 g/mol. The average Bonchev–Trinajstić information content (AvgIpc) is 3.20. The minimum absolute atomic E-state index is 0.00773. The summed E-state index contributed by atoms with van der Waals surface area (Å²) in [4.78, 5) is 0. The first-order valence-electron chi connectivity index (χ1n) is 7.44. The zero-order chi connectivity index (χ0) is 17.8. The molecule has 0 saturated heterocycles. The van der Waals surface area contributed by atoms with Crippen molar-refractivity contribution in [1.82, 2.24) is 14.9 Å². The van der Waals surface area contributed by atoms with Gasteiger partial charge in [0.1, 0.15) is 29.7 Å². The summed E-state index contributed by atoms with van der Waals surface area (Å²) in [6.07, 6.45) is 2.24. The monoisotopic (exact) mass is 380 g/mol. The molecule has 25 heavy (non-hydrogen) atoms. The molecule has 0 unspecified atom stereocenters. The number of aromatic amines is 1. The van der Waals surface area contributed by atoms with Crippen molar-refractivity contribution in [2.75, 3.05) is 0 Å². The molecule has 0 saturated carbocycles. The Labute approximate surface area is 152 Å². The van der Waals surface area contributed by atoms with E-state index < -0.39 is 5.82 Å². The molecule has 0 aliphatic carbocycles. The lowest BCUT2D eigenvalue weighted by Crippen LogP contribution is -1.97. The Balaban J connectivity index is 1.66. The SMILES string of the molecule is CCc1n[nH]c(=S)n1/N=C/c1ccc(COc2ccc(F)c(Cl)c2)o1. The third kappa shape index (κ3) is 4.15. The molecular formula is C16H14ClFN4O2S. The van der Waals surface area contributed by atoms with Crippen LogP contribution in [0.5, 0.6) is 5.75 Å². The van der Waals surface area contributed by atoms with Crippen LogP contribution in [-0.4, -0.2) is 21.1 Å². The van der Waals surface area contributed by atoms with Crippen LogP contribution >= 0.6 is 23.8 Å². The third-order valence-corrected chi connectivity index (χ3v) is 3.84. The van der Waals surface area contributed by atoms with E-state index in [9.17, 15) is 4.39 Å². The molecule has 3 aromatic rings. The van der Waals surface area contributed by atoms with Gasteiger partial charge in [0.25, 0.3) is 0 Å². The fraction of sp³-hybridized carbons (Fsp3) is 0.188. The van der Waals surface area contributed by atoms with E-state index in [1.807, 2.05) is 6.92 Å². The zero-order valence-corrected chi connectivity index (χ0v) is 14.8. The van der Waals surface area contributed by atoms with Gasteiger partial charge in [-0.3, -0.25) is 5.10 Å². The zero-order valence-electron chi connectivity index (χ0n) is 13.2. The molecule has 3 rings (SSSR count). The van der Waals surface area contributed by atoms with Crippen LogP contribution in [0.1, 0.15) is 24.3 Å². The van der Waals surface area contributed by atoms with Crippen molar-refractivity contribution in [2.24, 2.45) is 5.10 Å². The molecule has 6 nitrogen and oxygen atoms in total. The lowest BCUT2D eigenvalue weighted by Gasteiger charge is -2.04. The Morgan fingerprint density at radius 3 is 3.04 bits per heavy atom. The van der Waals surface area contributed by atoms with Crippen LogP contribution in [0.15, 0.2) is 39.9 Å². The number of aryl methyl sites for hydroxylation is 1. The molecule has 2 aromatic heterocycles. The van der Waals surface area contributed by atoms with Gasteiger partial charge in [-0.1, -0.05) is 18.5 Å². The predicted octanol–water partition coefficient (Wildman–Crippen LogP) is 4.35. The molecule has 0 bridgehead atoms. The Kier molecular flexibility index (Phi) is 5.30. The van der Waals surface area contributed by atoms with E-state index in [1.54, 1.807) is 18.3 Å². The van der Waals surface area contributed by atoms with Gasteiger partial charge in [-0.15, -0.1) is 0 Å². The van der Waals surface area contributed by atoms with E-state index in [1.165, 1.54) is 22.9 Å². The molecule has 0 aliphatic heterocycles. The molecule has 1 N–H and O–H groups in total. The van der Waals surface area contributed by atoms with Crippen molar-refractivity contribution < 1.29 is 13.5 Å². The number of benzene rings is 1. The van der Waals surface area contributed by atoms with Gasteiger partial charge in [-0.05, 0) is 36.5 Å². The van der Waals surface area contributed by atoms with Crippen LogP contribution in [0.2, 0.25) is 5.02 Å². The lowest BCUT2D eigenvalue weighted by molar-refractivity contribution is 0.269. The Morgan fingerprint density at radius 1 is 1.44 bits per heavy atom. The van der Waals surface area contributed by atoms with Gasteiger partial charge in [-0.25, -0.2) is 4.39 Å². The number of ether oxygens (including phenoxy) is 1. The summed E-state index contributed by atoms with van der Waals surface area (Å²) in [6.45, 7) is 2.14. The number of halogens is 2. The van der Waals surface area contributed by atoms with Crippen molar-refractivity contribution in [3.8, 4) is 5.75 Å². The van der Waals surface area contributed by atoms with Gasteiger partial charge in [0.05, 0.1) is 11.2 Å². The highest BCUT2D eigenvalue weighted by molar-refractivity contribution is 7.71. The smallest absolute Gasteiger partial charge is 0.216 e. The molecule has 1 aromatic carbocycles. The topological polar surface area (TPSA) is 68.3 Å². The number of H-pyrrole nitrogens is 1. The van der Waals surface area contributed by atoms with E-state index in [2.05, 4.69) is 15.3 Å². The normalized spacial score (nSPS) is 11.3. The van der Waals surface area contributed by atoms with Crippen molar-refractivity contribution in [1.29, 1.82) is 0 Å². The molecule has 0 fully saturated rings. The lowest BCUT2D eigenvalue weighted by atomic mass is 10.3. The molecule has 0 radical (unpaired) electrons. The van der Waals surface area contributed by atoms with Crippen molar-refractivity contribution in [2.45, 2.75) is 20.0 Å². The Morgan fingerprint density at radius 2 is 2.28 bits per heavy atom. The first-order valence-corrected chi connectivity index (χ1v) is 8.22. The largest absolute Gasteiger partial charge is 0.486 e. The number of nitrogens with one attached hydrogen (secondary N) is 1. The van der Waals surface area contributed by atoms with Gasteiger partial charge < -0.3 is 9.15 Å². The van der Waals surface area contributed by atoms with Crippen LogP contribution < -0.4 is 4.74 Å². The summed E-state index contributed by atoms with van der Waals surface area (Å²) >= 11 is 10.8. The summed E-state index contributed by atoms with van der Waals surface area (Å²) in [5.41, 5.74) is 0.